The topological polar surface area (TPSA) is 42.4 Å². The Morgan fingerprint density at radius 3 is 2.00 bits per heavy atom. The van der Waals surface area contributed by atoms with Gasteiger partial charge in [0.1, 0.15) is 16.7 Å². The number of aromatic nitrogens is 1. The lowest BCUT2D eigenvalue weighted by atomic mass is 10.0. The molecule has 4 nitrogen and oxygen atoms in total. The van der Waals surface area contributed by atoms with Crippen molar-refractivity contribution in [3.8, 4) is 11.1 Å². The fraction of sp³-hybridized carbons (Fsp3) is 0. The number of fused-ring (bicyclic) bond motifs is 7. The molecule has 43 heavy (non-hydrogen) atoms. The van der Waals surface area contributed by atoms with E-state index in [-0.39, 0.29) is 0 Å². The lowest BCUT2D eigenvalue weighted by Crippen LogP contribution is -2.09. The van der Waals surface area contributed by atoms with E-state index < -0.39 is 0 Å². The van der Waals surface area contributed by atoms with Gasteiger partial charge in [-0.05, 0) is 71.8 Å². The molecule has 202 valence electrons. The lowest BCUT2D eigenvalue weighted by Gasteiger charge is -2.25. The quantitative estimate of drug-likeness (QED) is 0.218. The highest BCUT2D eigenvalue weighted by atomic mass is 16.3. The van der Waals surface area contributed by atoms with Crippen molar-refractivity contribution in [2.24, 2.45) is 0 Å². The van der Waals surface area contributed by atoms with Gasteiger partial charge in [0.15, 0.2) is 0 Å². The van der Waals surface area contributed by atoms with Crippen LogP contribution in [0.4, 0.5) is 17.1 Å². The number of rotatable bonds is 4. The van der Waals surface area contributed by atoms with Gasteiger partial charge in [-0.3, -0.25) is 0 Å². The molecule has 0 unspecified atom stereocenters. The molecule has 3 heterocycles. The third-order valence-corrected chi connectivity index (χ3v) is 8.26. The highest BCUT2D eigenvalue weighted by Gasteiger charge is 2.18. The van der Waals surface area contributed by atoms with Crippen LogP contribution in [0.5, 0.6) is 0 Å². The molecular weight excluding hydrogens is 528 g/mol. The van der Waals surface area contributed by atoms with Crippen molar-refractivity contribution < 1.29 is 8.83 Å². The molecule has 0 saturated carbocycles. The molecule has 0 N–H and O–H groups in total. The van der Waals surface area contributed by atoms with E-state index >= 15 is 0 Å². The van der Waals surface area contributed by atoms with Crippen molar-refractivity contribution in [2.45, 2.75) is 0 Å². The zero-order valence-corrected chi connectivity index (χ0v) is 23.1. The maximum absolute atomic E-state index is 6.36. The molecule has 9 aromatic rings. The zero-order valence-electron chi connectivity index (χ0n) is 23.1. The van der Waals surface area contributed by atoms with Crippen molar-refractivity contribution in [2.75, 3.05) is 4.90 Å². The molecule has 0 aliphatic carbocycles. The normalized spacial score (nSPS) is 11.7. The molecule has 0 fully saturated rings. The first-order valence-electron chi connectivity index (χ1n) is 14.4. The van der Waals surface area contributed by atoms with Crippen LogP contribution in [0.3, 0.4) is 0 Å². The molecular formula is C39H24N2O2. The second kappa shape index (κ2) is 9.33. The molecule has 0 saturated heterocycles. The molecule has 6 aromatic carbocycles. The van der Waals surface area contributed by atoms with E-state index in [1.54, 1.807) is 0 Å². The van der Waals surface area contributed by atoms with Crippen LogP contribution in [0.1, 0.15) is 0 Å². The number of hydrogen-bond acceptors (Lipinski definition) is 4. The number of pyridine rings is 1. The third kappa shape index (κ3) is 3.88. The van der Waals surface area contributed by atoms with E-state index in [2.05, 4.69) is 114 Å². The average Bonchev–Trinajstić information content (AvgIpc) is 3.61. The van der Waals surface area contributed by atoms with Crippen LogP contribution >= 0.6 is 0 Å². The van der Waals surface area contributed by atoms with E-state index in [1.807, 2.05) is 36.4 Å². The SMILES string of the molecule is c1ccc(-c2ccc(N(c3ccc4c(c3)oc3nc5ccccc5cc34)c3ccc4oc5ccccc5c4c3)cc2)cc1. The minimum atomic E-state index is 0.649. The fourth-order valence-corrected chi connectivity index (χ4v) is 6.16. The van der Waals surface area contributed by atoms with Crippen molar-refractivity contribution >= 4 is 72.0 Å². The summed E-state index contributed by atoms with van der Waals surface area (Å²) in [7, 11) is 0. The first kappa shape index (κ1) is 23.8. The van der Waals surface area contributed by atoms with Gasteiger partial charge in [0, 0.05) is 50.1 Å². The summed E-state index contributed by atoms with van der Waals surface area (Å²) in [4.78, 5) is 7.08. The molecule has 0 aliphatic heterocycles. The number of furan rings is 2. The average molecular weight is 553 g/mol. The second-order valence-electron chi connectivity index (χ2n) is 10.8. The summed E-state index contributed by atoms with van der Waals surface area (Å²) < 4.78 is 12.5. The van der Waals surface area contributed by atoms with Crippen LogP contribution in [-0.2, 0) is 0 Å². The first-order valence-corrected chi connectivity index (χ1v) is 14.4. The van der Waals surface area contributed by atoms with Crippen LogP contribution in [0, 0.1) is 0 Å². The number of para-hydroxylation sites is 2. The van der Waals surface area contributed by atoms with Gasteiger partial charge in [-0.1, -0.05) is 78.9 Å². The monoisotopic (exact) mass is 552 g/mol. The van der Waals surface area contributed by atoms with Gasteiger partial charge in [0.2, 0.25) is 5.71 Å². The summed E-state index contributed by atoms with van der Waals surface area (Å²) in [5, 5.41) is 5.35. The predicted molar refractivity (Wildman–Crippen MR) is 176 cm³/mol. The molecule has 0 aliphatic rings. The van der Waals surface area contributed by atoms with Gasteiger partial charge in [-0.15, -0.1) is 0 Å². The van der Waals surface area contributed by atoms with Crippen molar-refractivity contribution in [1.82, 2.24) is 4.98 Å². The summed E-state index contributed by atoms with van der Waals surface area (Å²) in [5.74, 6) is 0. The second-order valence-corrected chi connectivity index (χ2v) is 10.8. The van der Waals surface area contributed by atoms with Crippen molar-refractivity contribution in [3.63, 3.8) is 0 Å². The van der Waals surface area contributed by atoms with Crippen molar-refractivity contribution in [3.05, 3.63) is 146 Å². The Balaban J connectivity index is 1.23. The maximum atomic E-state index is 6.36. The minimum Gasteiger partial charge on any atom is -0.456 e. The smallest absolute Gasteiger partial charge is 0.227 e. The van der Waals surface area contributed by atoms with Crippen molar-refractivity contribution in [1.29, 1.82) is 0 Å². The number of nitrogens with zero attached hydrogens (tertiary/aromatic N) is 2. The highest BCUT2D eigenvalue weighted by molar-refractivity contribution is 6.09. The molecule has 0 radical (unpaired) electrons. The van der Waals surface area contributed by atoms with Gasteiger partial charge in [-0.2, -0.15) is 0 Å². The van der Waals surface area contributed by atoms with E-state index in [9.17, 15) is 0 Å². The highest BCUT2D eigenvalue weighted by Crippen LogP contribution is 2.41. The summed E-state index contributed by atoms with van der Waals surface area (Å²) >= 11 is 0. The maximum Gasteiger partial charge on any atom is 0.227 e. The Kier molecular flexibility index (Phi) is 5.16. The number of hydrogen-bond donors (Lipinski definition) is 0. The first-order chi connectivity index (χ1) is 21.3. The molecule has 0 spiro atoms. The van der Waals surface area contributed by atoms with Gasteiger partial charge in [0.05, 0.1) is 5.52 Å². The zero-order chi connectivity index (χ0) is 28.3. The molecule has 9 rings (SSSR count). The lowest BCUT2D eigenvalue weighted by molar-refractivity contribution is 0.656. The van der Waals surface area contributed by atoms with E-state index in [0.717, 1.165) is 66.3 Å². The Hall–Kier alpha value is -5.87. The Bertz CT molecular complexity index is 2450. The molecule has 3 aromatic heterocycles. The Labute approximate surface area is 247 Å². The third-order valence-electron chi connectivity index (χ3n) is 8.26. The fourth-order valence-electron chi connectivity index (χ4n) is 6.16. The minimum absolute atomic E-state index is 0.649. The van der Waals surface area contributed by atoms with Crippen LogP contribution in [-0.4, -0.2) is 4.98 Å². The summed E-state index contributed by atoms with van der Waals surface area (Å²) in [5.41, 5.74) is 9.57. The molecule has 0 atom stereocenters. The number of anilines is 3. The summed E-state index contributed by atoms with van der Waals surface area (Å²) in [6, 6.07) is 50.5. The van der Waals surface area contributed by atoms with Gasteiger partial charge >= 0.3 is 0 Å². The van der Waals surface area contributed by atoms with Crippen LogP contribution < -0.4 is 4.90 Å². The summed E-state index contributed by atoms with van der Waals surface area (Å²) in [6.07, 6.45) is 0. The summed E-state index contributed by atoms with van der Waals surface area (Å²) in [6.45, 7) is 0. The Morgan fingerprint density at radius 2 is 1.09 bits per heavy atom. The number of benzene rings is 6. The predicted octanol–water partition coefficient (Wildman–Crippen LogP) is 11.2. The van der Waals surface area contributed by atoms with E-state index in [0.29, 0.717) is 5.71 Å². The van der Waals surface area contributed by atoms with Gasteiger partial charge in [-0.25, -0.2) is 4.98 Å². The standard InChI is InChI=1S/C39H24N2O2/c1-2-8-25(9-3-1)26-14-16-28(17-15-26)41(29-19-21-37-33(23-29)31-11-5-7-13-36(31)42-37)30-18-20-32-34-22-27-10-4-6-12-35(27)40-39(34)43-38(32)24-30/h1-24H. The van der Waals surface area contributed by atoms with Crippen LogP contribution in [0.25, 0.3) is 66.0 Å². The van der Waals surface area contributed by atoms with E-state index in [1.165, 1.54) is 11.1 Å². The van der Waals surface area contributed by atoms with Gasteiger partial charge < -0.3 is 13.7 Å². The molecule has 0 bridgehead atoms. The molecule has 4 heteroatoms. The van der Waals surface area contributed by atoms with Crippen LogP contribution in [0.15, 0.2) is 154 Å². The molecule has 0 amide bonds. The van der Waals surface area contributed by atoms with Crippen LogP contribution in [0.2, 0.25) is 0 Å². The van der Waals surface area contributed by atoms with Gasteiger partial charge in [0.25, 0.3) is 0 Å². The largest absolute Gasteiger partial charge is 0.456 e. The van der Waals surface area contributed by atoms with E-state index in [4.69, 9.17) is 13.8 Å². The Morgan fingerprint density at radius 1 is 0.419 bits per heavy atom.